The molecule has 0 aliphatic carbocycles. The second kappa shape index (κ2) is 7.38. The zero-order valence-corrected chi connectivity index (χ0v) is 13.6. The molecule has 0 aromatic heterocycles. The molecule has 0 N–H and O–H groups in total. The number of hydrogen-bond donors (Lipinski definition) is 0. The molecule has 2 aromatic carbocycles. The van der Waals surface area contributed by atoms with Gasteiger partial charge in [-0.3, -0.25) is 4.79 Å². The molecule has 0 saturated carbocycles. The molecule has 0 atom stereocenters. The fraction of sp³-hybridized carbons (Fsp3) is 0.278. The monoisotopic (exact) mass is 349 g/mol. The van der Waals surface area contributed by atoms with E-state index in [1.807, 2.05) is 18.2 Å². The highest BCUT2D eigenvalue weighted by Crippen LogP contribution is 2.31. The predicted molar refractivity (Wildman–Crippen MR) is 86.3 cm³/mol. The molecule has 1 heterocycles. The Morgan fingerprint density at radius 3 is 2.48 bits per heavy atom. The van der Waals surface area contributed by atoms with E-state index in [0.717, 1.165) is 5.56 Å². The Morgan fingerprint density at radius 1 is 1.12 bits per heavy atom. The summed E-state index contributed by atoms with van der Waals surface area (Å²) in [6.07, 6.45) is 0. The van der Waals surface area contributed by atoms with Gasteiger partial charge in [0, 0.05) is 19.2 Å². The van der Waals surface area contributed by atoms with E-state index in [1.54, 1.807) is 7.05 Å². The molecule has 0 saturated heterocycles. The van der Waals surface area contributed by atoms with E-state index in [0.29, 0.717) is 36.8 Å². The van der Waals surface area contributed by atoms with Crippen molar-refractivity contribution in [1.82, 2.24) is 4.90 Å². The Hall–Kier alpha value is -2.83. The number of carbonyl (C=O) groups excluding carboxylic acids is 1. The van der Waals surface area contributed by atoms with Crippen molar-refractivity contribution in [1.29, 1.82) is 0 Å². The highest BCUT2D eigenvalue weighted by Gasteiger charge is 2.16. The molecule has 2 aromatic rings. The van der Waals surface area contributed by atoms with Crippen LogP contribution in [0.1, 0.15) is 15.9 Å². The lowest BCUT2D eigenvalue weighted by Crippen LogP contribution is -2.26. The van der Waals surface area contributed by atoms with E-state index in [2.05, 4.69) is 4.74 Å². The van der Waals surface area contributed by atoms with E-state index >= 15 is 0 Å². The summed E-state index contributed by atoms with van der Waals surface area (Å²) in [5, 5.41) is 0. The van der Waals surface area contributed by atoms with Crippen molar-refractivity contribution in [2.75, 3.05) is 20.3 Å². The van der Waals surface area contributed by atoms with Gasteiger partial charge in [-0.2, -0.15) is 8.78 Å². The second-order valence-electron chi connectivity index (χ2n) is 5.54. The summed E-state index contributed by atoms with van der Waals surface area (Å²) >= 11 is 0. The average Bonchev–Trinajstić information content (AvgIpc) is 2.61. The fourth-order valence-corrected chi connectivity index (χ4v) is 2.53. The Labute approximate surface area is 143 Å². The van der Waals surface area contributed by atoms with Gasteiger partial charge in [-0.25, -0.2) is 0 Å². The van der Waals surface area contributed by atoms with Crippen molar-refractivity contribution in [3.8, 4) is 17.2 Å². The van der Waals surface area contributed by atoms with E-state index in [1.165, 1.54) is 29.2 Å². The van der Waals surface area contributed by atoms with Crippen molar-refractivity contribution in [3.63, 3.8) is 0 Å². The van der Waals surface area contributed by atoms with Crippen molar-refractivity contribution >= 4 is 5.91 Å². The lowest BCUT2D eigenvalue weighted by molar-refractivity contribution is -0.0498. The van der Waals surface area contributed by atoms with Gasteiger partial charge in [-0.05, 0) is 42.0 Å². The summed E-state index contributed by atoms with van der Waals surface area (Å²) in [5.41, 5.74) is 1.29. The number of rotatable bonds is 5. The van der Waals surface area contributed by atoms with Crippen LogP contribution in [0.2, 0.25) is 0 Å². The van der Waals surface area contributed by atoms with Gasteiger partial charge in [0.05, 0.1) is 0 Å². The van der Waals surface area contributed by atoms with Gasteiger partial charge in [-0.15, -0.1) is 0 Å². The van der Waals surface area contributed by atoms with Crippen LogP contribution in [0.5, 0.6) is 17.2 Å². The molecule has 132 valence electrons. The smallest absolute Gasteiger partial charge is 0.387 e. The van der Waals surface area contributed by atoms with Crippen LogP contribution >= 0.6 is 0 Å². The number of halogens is 2. The average molecular weight is 349 g/mol. The van der Waals surface area contributed by atoms with Gasteiger partial charge in [-0.1, -0.05) is 6.07 Å². The van der Waals surface area contributed by atoms with Crippen molar-refractivity contribution < 1.29 is 27.8 Å². The van der Waals surface area contributed by atoms with E-state index in [-0.39, 0.29) is 11.7 Å². The normalized spacial score (nSPS) is 12.8. The van der Waals surface area contributed by atoms with Gasteiger partial charge >= 0.3 is 6.61 Å². The first-order valence-corrected chi connectivity index (χ1v) is 7.72. The highest BCUT2D eigenvalue weighted by molar-refractivity contribution is 5.94. The SMILES string of the molecule is CN(Cc1ccc2c(c1)OCCO2)C(=O)c1ccc(OC(F)F)cc1. The largest absolute Gasteiger partial charge is 0.486 e. The lowest BCUT2D eigenvalue weighted by Gasteiger charge is -2.21. The number of benzene rings is 2. The summed E-state index contributed by atoms with van der Waals surface area (Å²) in [4.78, 5) is 14.0. The first-order valence-electron chi connectivity index (χ1n) is 7.72. The second-order valence-corrected chi connectivity index (χ2v) is 5.54. The Balaban J connectivity index is 1.66. The van der Waals surface area contributed by atoms with Crippen LogP contribution in [0, 0.1) is 0 Å². The molecule has 7 heteroatoms. The minimum atomic E-state index is -2.89. The fourth-order valence-electron chi connectivity index (χ4n) is 2.53. The summed E-state index contributed by atoms with van der Waals surface area (Å²) in [5.74, 6) is 1.15. The maximum atomic E-state index is 12.5. The van der Waals surface area contributed by atoms with E-state index in [4.69, 9.17) is 9.47 Å². The van der Waals surface area contributed by atoms with Crippen LogP contribution < -0.4 is 14.2 Å². The summed E-state index contributed by atoms with van der Waals surface area (Å²) < 4.78 is 39.6. The lowest BCUT2D eigenvalue weighted by atomic mass is 10.1. The van der Waals surface area contributed by atoms with Crippen LogP contribution in [0.15, 0.2) is 42.5 Å². The first kappa shape index (κ1) is 17.0. The molecule has 1 amide bonds. The Kier molecular flexibility index (Phi) is 5.02. The Morgan fingerprint density at radius 2 is 1.80 bits per heavy atom. The highest BCUT2D eigenvalue weighted by atomic mass is 19.3. The molecule has 0 spiro atoms. The van der Waals surface area contributed by atoms with Crippen LogP contribution in [0.25, 0.3) is 0 Å². The van der Waals surface area contributed by atoms with Crippen LogP contribution in [0.3, 0.4) is 0 Å². The van der Waals surface area contributed by atoms with E-state index in [9.17, 15) is 13.6 Å². The molecule has 1 aliphatic rings. The summed E-state index contributed by atoms with van der Waals surface area (Å²) in [6, 6.07) is 11.1. The van der Waals surface area contributed by atoms with Gasteiger partial charge < -0.3 is 19.1 Å². The third-order valence-corrected chi connectivity index (χ3v) is 3.70. The molecule has 3 rings (SSSR count). The van der Waals surface area contributed by atoms with Crippen LogP contribution in [0.4, 0.5) is 8.78 Å². The molecular weight excluding hydrogens is 332 g/mol. The molecule has 0 unspecified atom stereocenters. The predicted octanol–water partition coefficient (Wildman–Crippen LogP) is 3.33. The van der Waals surface area contributed by atoms with Crippen molar-refractivity contribution in [2.45, 2.75) is 13.2 Å². The minimum Gasteiger partial charge on any atom is -0.486 e. The molecule has 0 radical (unpaired) electrons. The third kappa shape index (κ3) is 4.17. The maximum Gasteiger partial charge on any atom is 0.387 e. The molecule has 25 heavy (non-hydrogen) atoms. The standard InChI is InChI=1S/C18H17F2NO4/c1-21(11-12-2-7-15-16(10-12)24-9-8-23-15)17(22)13-3-5-14(6-4-13)25-18(19)20/h2-7,10,18H,8-9,11H2,1H3. The zero-order valence-electron chi connectivity index (χ0n) is 13.6. The molecular formula is C18H17F2NO4. The Bertz CT molecular complexity index is 749. The first-order chi connectivity index (χ1) is 12.0. The maximum absolute atomic E-state index is 12.5. The van der Waals surface area contributed by atoms with Crippen LogP contribution in [-0.4, -0.2) is 37.7 Å². The van der Waals surface area contributed by atoms with Gasteiger partial charge in [0.15, 0.2) is 11.5 Å². The summed E-state index contributed by atoms with van der Waals surface area (Å²) in [6.45, 7) is -1.49. The minimum absolute atomic E-state index is 0.0149. The van der Waals surface area contributed by atoms with Crippen molar-refractivity contribution in [2.24, 2.45) is 0 Å². The van der Waals surface area contributed by atoms with Gasteiger partial charge in [0.1, 0.15) is 19.0 Å². The number of amides is 1. The quantitative estimate of drug-likeness (QED) is 0.831. The molecule has 0 bridgehead atoms. The number of nitrogens with zero attached hydrogens (tertiary/aromatic N) is 1. The number of hydrogen-bond acceptors (Lipinski definition) is 4. The van der Waals surface area contributed by atoms with Gasteiger partial charge in [0.2, 0.25) is 0 Å². The number of carbonyl (C=O) groups is 1. The number of fused-ring (bicyclic) bond motifs is 1. The zero-order chi connectivity index (χ0) is 17.8. The molecule has 0 fully saturated rings. The number of ether oxygens (including phenoxy) is 3. The molecule has 5 nitrogen and oxygen atoms in total. The topological polar surface area (TPSA) is 48.0 Å². The third-order valence-electron chi connectivity index (χ3n) is 3.70. The summed E-state index contributed by atoms with van der Waals surface area (Å²) in [7, 11) is 1.67. The van der Waals surface area contributed by atoms with E-state index < -0.39 is 6.61 Å². The van der Waals surface area contributed by atoms with Crippen molar-refractivity contribution in [3.05, 3.63) is 53.6 Å². The van der Waals surface area contributed by atoms with Gasteiger partial charge in [0.25, 0.3) is 5.91 Å². The van der Waals surface area contributed by atoms with Crippen LogP contribution in [-0.2, 0) is 6.54 Å². The number of alkyl halides is 2. The molecule has 1 aliphatic heterocycles.